The molecule has 0 saturated carbocycles. The fraction of sp³-hybridized carbons (Fsp3) is 0.120. The number of hydrogen-bond acceptors (Lipinski definition) is 5. The van der Waals surface area contributed by atoms with Crippen LogP contribution in [0.15, 0.2) is 80.1 Å². The minimum absolute atomic E-state index is 0.0790. The van der Waals surface area contributed by atoms with Gasteiger partial charge in [0.1, 0.15) is 0 Å². The fourth-order valence-corrected chi connectivity index (χ4v) is 6.27. The molecule has 3 heterocycles. The zero-order chi connectivity index (χ0) is 21.4. The molecule has 1 aliphatic heterocycles. The molecule has 0 unspecified atom stereocenters. The number of aryl methyl sites for hydroxylation is 2. The van der Waals surface area contributed by atoms with Gasteiger partial charge in [-0.2, -0.15) is 0 Å². The maximum Gasteiger partial charge on any atom is 0.251 e. The first kappa shape index (κ1) is 20.2. The summed E-state index contributed by atoms with van der Waals surface area (Å²) in [6, 6.07) is 18.4. The second-order valence-electron chi connectivity index (χ2n) is 7.45. The van der Waals surface area contributed by atoms with Crippen molar-refractivity contribution in [2.75, 3.05) is 0 Å². The van der Waals surface area contributed by atoms with Gasteiger partial charge in [0.25, 0.3) is 5.91 Å². The number of carbonyl (C=O) groups excluding carboxylic acids is 1. The van der Waals surface area contributed by atoms with E-state index in [2.05, 4.69) is 66.3 Å². The summed E-state index contributed by atoms with van der Waals surface area (Å²) in [6.07, 6.45) is 0. The number of nitrogens with one attached hydrogen (secondary N) is 1. The largest absolute Gasteiger partial charge is 0.347 e. The lowest BCUT2D eigenvalue weighted by atomic mass is 10.1. The van der Waals surface area contributed by atoms with Crippen molar-refractivity contribution in [2.45, 2.75) is 30.2 Å². The summed E-state index contributed by atoms with van der Waals surface area (Å²) in [5.74, 6) is -0.0790. The molecule has 1 N–H and O–H groups in total. The summed E-state index contributed by atoms with van der Waals surface area (Å²) in [5.41, 5.74) is 6.01. The van der Waals surface area contributed by atoms with Crippen LogP contribution in [0, 0.1) is 13.8 Å². The summed E-state index contributed by atoms with van der Waals surface area (Å²) >= 11 is 5.07. The molecule has 0 atom stereocenters. The third-order valence-corrected chi connectivity index (χ3v) is 8.32. The molecule has 0 radical (unpaired) electrons. The molecule has 6 heteroatoms. The van der Waals surface area contributed by atoms with Crippen molar-refractivity contribution in [1.82, 2.24) is 5.32 Å². The van der Waals surface area contributed by atoms with Gasteiger partial charge < -0.3 is 5.32 Å². The Morgan fingerprint density at radius 3 is 2.65 bits per heavy atom. The molecule has 2 aromatic heterocycles. The number of nitrogens with zero attached hydrogens (tertiary/aromatic N) is 1. The van der Waals surface area contributed by atoms with Crippen molar-refractivity contribution in [3.8, 4) is 0 Å². The molecule has 0 saturated heterocycles. The minimum atomic E-state index is -0.0790. The van der Waals surface area contributed by atoms with E-state index in [0.717, 1.165) is 26.7 Å². The average Bonchev–Trinajstić information content (AvgIpc) is 3.35. The first-order valence-corrected chi connectivity index (χ1v) is 12.5. The summed E-state index contributed by atoms with van der Waals surface area (Å²) in [6.45, 7) is 4.72. The highest BCUT2D eigenvalue weighted by molar-refractivity contribution is 7.99. The Morgan fingerprint density at radius 2 is 1.87 bits per heavy atom. The van der Waals surface area contributed by atoms with Crippen LogP contribution in [-0.4, -0.2) is 11.6 Å². The predicted octanol–water partition coefficient (Wildman–Crippen LogP) is 6.99. The highest BCUT2D eigenvalue weighted by Crippen LogP contribution is 2.42. The van der Waals surface area contributed by atoms with Crippen LogP contribution in [0.4, 0.5) is 5.69 Å². The Bertz CT molecular complexity index is 1320. The molecule has 0 spiro atoms. The Morgan fingerprint density at radius 1 is 1.00 bits per heavy atom. The molecule has 5 rings (SSSR count). The van der Waals surface area contributed by atoms with E-state index in [0.29, 0.717) is 12.1 Å². The van der Waals surface area contributed by atoms with Crippen LogP contribution in [0.2, 0.25) is 0 Å². The van der Waals surface area contributed by atoms with E-state index >= 15 is 0 Å². The van der Waals surface area contributed by atoms with Crippen molar-refractivity contribution in [3.63, 3.8) is 0 Å². The molecule has 0 bridgehead atoms. The molecular weight excluding hydrogens is 440 g/mol. The minimum Gasteiger partial charge on any atom is -0.347 e. The van der Waals surface area contributed by atoms with Gasteiger partial charge >= 0.3 is 0 Å². The number of rotatable bonds is 4. The number of benzene rings is 2. The molecule has 3 nitrogen and oxygen atoms in total. The second-order valence-corrected chi connectivity index (χ2v) is 10.4. The quantitative estimate of drug-likeness (QED) is 0.314. The molecule has 1 amide bonds. The smallest absolute Gasteiger partial charge is 0.251 e. The van der Waals surface area contributed by atoms with E-state index in [1.807, 2.05) is 18.2 Å². The van der Waals surface area contributed by atoms with Gasteiger partial charge in [0.05, 0.1) is 22.8 Å². The molecule has 0 aliphatic carbocycles. The van der Waals surface area contributed by atoms with Gasteiger partial charge in [-0.1, -0.05) is 30.0 Å². The van der Waals surface area contributed by atoms with Gasteiger partial charge in [-0.15, -0.1) is 22.7 Å². The maximum atomic E-state index is 12.8. The first-order valence-electron chi connectivity index (χ1n) is 9.95. The molecule has 2 aromatic carbocycles. The van der Waals surface area contributed by atoms with E-state index in [-0.39, 0.29) is 5.91 Å². The van der Waals surface area contributed by atoms with Crippen LogP contribution in [-0.2, 0) is 6.54 Å². The summed E-state index contributed by atoms with van der Waals surface area (Å²) in [7, 11) is 0. The van der Waals surface area contributed by atoms with E-state index in [1.54, 1.807) is 34.4 Å². The van der Waals surface area contributed by atoms with Crippen molar-refractivity contribution in [1.29, 1.82) is 0 Å². The predicted molar refractivity (Wildman–Crippen MR) is 132 cm³/mol. The summed E-state index contributed by atoms with van der Waals surface area (Å²) < 4.78 is 0. The Kier molecular flexibility index (Phi) is 5.52. The van der Waals surface area contributed by atoms with Crippen LogP contribution >= 0.6 is 34.4 Å². The number of aliphatic imine (C=N–C) groups is 1. The molecule has 154 valence electrons. The normalized spacial score (nSPS) is 12.5. The van der Waals surface area contributed by atoms with Gasteiger partial charge in [0, 0.05) is 25.8 Å². The third-order valence-electron chi connectivity index (χ3n) is 5.10. The second kappa shape index (κ2) is 8.46. The lowest BCUT2D eigenvalue weighted by molar-refractivity contribution is 0.0951. The molecule has 4 aromatic rings. The van der Waals surface area contributed by atoms with E-state index in [9.17, 15) is 4.79 Å². The molecule has 0 fully saturated rings. The number of fused-ring (bicyclic) bond motifs is 2. The molecule has 31 heavy (non-hydrogen) atoms. The topological polar surface area (TPSA) is 41.5 Å². The van der Waals surface area contributed by atoms with Crippen LogP contribution in [0.1, 0.15) is 36.8 Å². The van der Waals surface area contributed by atoms with Crippen molar-refractivity contribution >= 4 is 51.7 Å². The lowest BCUT2D eigenvalue weighted by Crippen LogP contribution is -2.22. The molecular formula is C25H20N2OS3. The van der Waals surface area contributed by atoms with Crippen LogP contribution in [0.25, 0.3) is 0 Å². The summed E-state index contributed by atoms with van der Waals surface area (Å²) in [4.78, 5) is 22.5. The first-order chi connectivity index (χ1) is 15.1. The standard InChI is InChI=1S/C25H20N2OS3/c1-15-11-18(30-14-15)13-26-25(28)17-7-8-22-20(12-17)27-23(24-16(2)9-10-29-24)19-5-3-4-6-21(19)31-22/h3-12,14H,13H2,1-2H3,(H,26,28). The zero-order valence-electron chi connectivity index (χ0n) is 17.1. The fourth-order valence-electron chi connectivity index (χ4n) is 3.52. The Balaban J connectivity index is 1.51. The lowest BCUT2D eigenvalue weighted by Gasteiger charge is -2.08. The number of carbonyl (C=O) groups is 1. The van der Waals surface area contributed by atoms with Gasteiger partial charge in [0.2, 0.25) is 0 Å². The van der Waals surface area contributed by atoms with Crippen LogP contribution in [0.5, 0.6) is 0 Å². The van der Waals surface area contributed by atoms with E-state index < -0.39 is 0 Å². The van der Waals surface area contributed by atoms with Gasteiger partial charge in [-0.3, -0.25) is 4.79 Å². The number of hydrogen-bond donors (Lipinski definition) is 1. The Labute approximate surface area is 193 Å². The highest BCUT2D eigenvalue weighted by Gasteiger charge is 2.21. The van der Waals surface area contributed by atoms with Gasteiger partial charge in [0.15, 0.2) is 0 Å². The van der Waals surface area contributed by atoms with Crippen molar-refractivity contribution < 1.29 is 4.79 Å². The van der Waals surface area contributed by atoms with E-state index in [1.165, 1.54) is 20.9 Å². The van der Waals surface area contributed by atoms with Crippen LogP contribution in [0.3, 0.4) is 0 Å². The van der Waals surface area contributed by atoms with Crippen molar-refractivity contribution in [2.24, 2.45) is 4.99 Å². The monoisotopic (exact) mass is 460 g/mol. The maximum absolute atomic E-state index is 12.8. The van der Waals surface area contributed by atoms with Gasteiger partial charge in [-0.05, 0) is 72.1 Å². The number of amides is 1. The SMILES string of the molecule is Cc1csc(CNC(=O)c2ccc3c(c2)N=C(c2sccc2C)c2ccccc2S3)c1. The molecule has 1 aliphatic rings. The zero-order valence-corrected chi connectivity index (χ0v) is 19.6. The Hall–Kier alpha value is -2.67. The van der Waals surface area contributed by atoms with Crippen LogP contribution < -0.4 is 5.32 Å². The summed E-state index contributed by atoms with van der Waals surface area (Å²) in [5, 5.41) is 7.24. The van der Waals surface area contributed by atoms with Gasteiger partial charge in [-0.25, -0.2) is 4.99 Å². The third kappa shape index (κ3) is 4.11. The number of thiophene rings is 2. The van der Waals surface area contributed by atoms with Crippen molar-refractivity contribution in [3.05, 3.63) is 97.4 Å². The average molecular weight is 461 g/mol. The van der Waals surface area contributed by atoms with E-state index in [4.69, 9.17) is 4.99 Å². The highest BCUT2D eigenvalue weighted by atomic mass is 32.2.